The van der Waals surface area contributed by atoms with Crippen LogP contribution in [0, 0.1) is 6.92 Å². The van der Waals surface area contributed by atoms with E-state index < -0.39 is 22.0 Å². The number of alkyl halides is 3. The normalized spacial score (nSPS) is 11.3. The number of aliphatic carboxylic acids is 1. The van der Waals surface area contributed by atoms with E-state index in [-0.39, 0.29) is 23.8 Å². The Kier molecular flexibility index (Phi) is 11.5. The van der Waals surface area contributed by atoms with Crippen molar-refractivity contribution in [2.24, 2.45) is 0 Å². The van der Waals surface area contributed by atoms with Crippen LogP contribution in [0.3, 0.4) is 0 Å². The molecule has 0 spiro atoms. The van der Waals surface area contributed by atoms with Crippen LogP contribution < -0.4 is 10.2 Å². The van der Waals surface area contributed by atoms with Gasteiger partial charge in [0.1, 0.15) is 0 Å². The number of amides is 1. The number of carboxylic acids is 1. The lowest BCUT2D eigenvalue weighted by Crippen LogP contribution is -2.22. The molecule has 0 saturated heterocycles. The van der Waals surface area contributed by atoms with Crippen LogP contribution in [0.1, 0.15) is 31.4 Å². The maximum atomic E-state index is 12.3. The molecule has 12 heteroatoms. The summed E-state index contributed by atoms with van der Waals surface area (Å²) >= 11 is 6.03. The molecule has 1 amide bonds. The zero-order valence-electron chi connectivity index (χ0n) is 19.5. The molecule has 35 heavy (non-hydrogen) atoms. The van der Waals surface area contributed by atoms with E-state index in [0.29, 0.717) is 16.3 Å². The molecule has 0 aliphatic heterocycles. The average Bonchev–Trinajstić information content (AvgIpc) is 2.76. The Labute approximate surface area is 207 Å². The fourth-order valence-electron chi connectivity index (χ4n) is 2.96. The SMILES string of the molecule is CCN(CC)c1ccc(NC(=O)CCS(=O)(=O)Cc2ccccc2Cl)c(C)c1.O=C(O)C(F)(F)F. The number of halogens is 4. The number of rotatable bonds is 9. The minimum Gasteiger partial charge on any atom is -0.475 e. The first-order valence-corrected chi connectivity index (χ1v) is 12.8. The summed E-state index contributed by atoms with van der Waals surface area (Å²) in [4.78, 5) is 23.4. The summed E-state index contributed by atoms with van der Waals surface area (Å²) in [5.41, 5.74) is 3.29. The molecule has 7 nitrogen and oxygen atoms in total. The second kappa shape index (κ2) is 13.3. The highest BCUT2D eigenvalue weighted by Gasteiger charge is 2.38. The van der Waals surface area contributed by atoms with Gasteiger partial charge in [-0.3, -0.25) is 4.79 Å². The molecule has 0 saturated carbocycles. The number of carboxylic acid groups (broad SMARTS) is 1. The molecule has 0 atom stereocenters. The number of hydrogen-bond donors (Lipinski definition) is 2. The lowest BCUT2D eigenvalue weighted by atomic mass is 10.1. The molecule has 0 bridgehead atoms. The van der Waals surface area contributed by atoms with Crippen molar-refractivity contribution in [3.05, 3.63) is 58.6 Å². The van der Waals surface area contributed by atoms with Crippen LogP contribution in [0.25, 0.3) is 0 Å². The number of carbonyl (C=O) groups excluding carboxylic acids is 1. The first kappa shape index (κ1) is 30.2. The van der Waals surface area contributed by atoms with Gasteiger partial charge in [-0.2, -0.15) is 13.2 Å². The second-order valence-corrected chi connectivity index (χ2v) is 10.0. The number of anilines is 2. The molecule has 194 valence electrons. The van der Waals surface area contributed by atoms with Gasteiger partial charge in [0.2, 0.25) is 5.91 Å². The van der Waals surface area contributed by atoms with E-state index in [9.17, 15) is 26.4 Å². The number of nitrogens with one attached hydrogen (secondary N) is 1. The highest BCUT2D eigenvalue weighted by Crippen LogP contribution is 2.23. The van der Waals surface area contributed by atoms with E-state index in [4.69, 9.17) is 21.5 Å². The Hall–Kier alpha value is -2.79. The summed E-state index contributed by atoms with van der Waals surface area (Å²) in [5.74, 6) is -3.47. The Balaban J connectivity index is 0.000000762. The van der Waals surface area contributed by atoms with Gasteiger partial charge in [-0.25, -0.2) is 13.2 Å². The van der Waals surface area contributed by atoms with Crippen molar-refractivity contribution < 1.29 is 36.3 Å². The van der Waals surface area contributed by atoms with E-state index in [1.165, 1.54) is 0 Å². The number of hydrogen-bond acceptors (Lipinski definition) is 5. The standard InChI is InChI=1S/C21H27ClN2O3S.C2HF3O2/c1-4-24(5-2)18-10-11-20(16(3)14-18)23-21(25)12-13-28(26,27)15-17-8-6-7-9-19(17)22;3-2(4,5)1(6)7/h6-11,14H,4-5,12-13,15H2,1-3H3,(H,23,25);(H,6,7). The molecular weight excluding hydrogens is 509 g/mol. The molecule has 0 heterocycles. The van der Waals surface area contributed by atoms with Gasteiger partial charge in [0.05, 0.1) is 11.5 Å². The number of sulfone groups is 1. The monoisotopic (exact) mass is 536 g/mol. The van der Waals surface area contributed by atoms with Gasteiger partial charge in [-0.15, -0.1) is 0 Å². The maximum Gasteiger partial charge on any atom is 0.490 e. The predicted octanol–water partition coefficient (Wildman–Crippen LogP) is 5.07. The molecule has 2 aromatic rings. The summed E-state index contributed by atoms with van der Waals surface area (Å²) in [6, 6.07) is 12.7. The second-order valence-electron chi connectivity index (χ2n) is 7.46. The predicted molar refractivity (Wildman–Crippen MR) is 131 cm³/mol. The summed E-state index contributed by atoms with van der Waals surface area (Å²) in [6.45, 7) is 7.93. The van der Waals surface area contributed by atoms with Crippen molar-refractivity contribution in [1.82, 2.24) is 0 Å². The molecule has 0 aromatic heterocycles. The van der Waals surface area contributed by atoms with Crippen LogP contribution in [-0.2, 0) is 25.2 Å². The minimum atomic E-state index is -5.08. The first-order valence-electron chi connectivity index (χ1n) is 10.6. The maximum absolute atomic E-state index is 12.3. The van der Waals surface area contributed by atoms with Gasteiger partial charge in [0.25, 0.3) is 0 Å². The zero-order valence-corrected chi connectivity index (χ0v) is 21.1. The van der Waals surface area contributed by atoms with Crippen LogP contribution in [0.15, 0.2) is 42.5 Å². The number of nitrogens with zero attached hydrogens (tertiary/aromatic N) is 1. The van der Waals surface area contributed by atoms with Gasteiger partial charge < -0.3 is 15.3 Å². The number of aryl methyl sites for hydroxylation is 1. The van der Waals surface area contributed by atoms with Crippen LogP contribution in [0.2, 0.25) is 5.02 Å². The largest absolute Gasteiger partial charge is 0.490 e. The van der Waals surface area contributed by atoms with Crippen LogP contribution >= 0.6 is 11.6 Å². The van der Waals surface area contributed by atoms with E-state index >= 15 is 0 Å². The molecule has 0 aliphatic carbocycles. The Bertz CT molecular complexity index is 1120. The van der Waals surface area contributed by atoms with Gasteiger partial charge in [-0.1, -0.05) is 29.8 Å². The fourth-order valence-corrected chi connectivity index (χ4v) is 4.61. The molecule has 2 N–H and O–H groups in total. The molecule has 0 aliphatic rings. The zero-order chi connectivity index (χ0) is 26.8. The topological polar surface area (TPSA) is 104 Å². The third kappa shape index (κ3) is 10.6. The van der Waals surface area contributed by atoms with Crippen molar-refractivity contribution in [3.8, 4) is 0 Å². The molecule has 0 unspecified atom stereocenters. The quantitative estimate of drug-likeness (QED) is 0.463. The van der Waals surface area contributed by atoms with Crippen molar-refractivity contribution >= 4 is 44.7 Å². The molecule has 2 rings (SSSR count). The summed E-state index contributed by atoms with van der Waals surface area (Å²) < 4.78 is 56.4. The van der Waals surface area contributed by atoms with Crippen molar-refractivity contribution in [3.63, 3.8) is 0 Å². The van der Waals surface area contributed by atoms with E-state index in [0.717, 1.165) is 24.3 Å². The number of carbonyl (C=O) groups is 2. The molecule has 2 aromatic carbocycles. The third-order valence-corrected chi connectivity index (χ3v) is 6.77. The van der Waals surface area contributed by atoms with Gasteiger partial charge >= 0.3 is 12.1 Å². The van der Waals surface area contributed by atoms with Crippen molar-refractivity contribution in [1.29, 1.82) is 0 Å². The van der Waals surface area contributed by atoms with Crippen LogP contribution in [-0.4, -0.2) is 50.4 Å². The lowest BCUT2D eigenvalue weighted by Gasteiger charge is -2.22. The smallest absolute Gasteiger partial charge is 0.475 e. The molecule has 0 radical (unpaired) electrons. The average molecular weight is 537 g/mol. The molecule has 0 fully saturated rings. The summed E-state index contributed by atoms with van der Waals surface area (Å²) in [7, 11) is -3.43. The summed E-state index contributed by atoms with van der Waals surface area (Å²) in [5, 5.41) is 10.4. The highest BCUT2D eigenvalue weighted by atomic mass is 35.5. The fraction of sp³-hybridized carbons (Fsp3) is 0.391. The van der Waals surface area contributed by atoms with E-state index in [1.54, 1.807) is 24.3 Å². The summed E-state index contributed by atoms with van der Waals surface area (Å²) in [6.07, 6.45) is -5.18. The van der Waals surface area contributed by atoms with E-state index in [1.807, 2.05) is 25.1 Å². The Morgan fingerprint density at radius 2 is 1.66 bits per heavy atom. The van der Waals surface area contributed by atoms with Crippen molar-refractivity contribution in [2.45, 2.75) is 39.1 Å². The van der Waals surface area contributed by atoms with Gasteiger partial charge in [0, 0.05) is 35.9 Å². The Morgan fingerprint density at radius 1 is 1.09 bits per heavy atom. The lowest BCUT2D eigenvalue weighted by molar-refractivity contribution is -0.192. The molecular formula is C23H28ClF3N2O5S. The van der Waals surface area contributed by atoms with E-state index in [2.05, 4.69) is 24.1 Å². The van der Waals surface area contributed by atoms with Gasteiger partial charge in [-0.05, 0) is 56.2 Å². The van der Waals surface area contributed by atoms with Crippen LogP contribution in [0.4, 0.5) is 24.5 Å². The first-order chi connectivity index (χ1) is 16.2. The third-order valence-electron chi connectivity index (χ3n) is 4.83. The minimum absolute atomic E-state index is 0.0932. The van der Waals surface area contributed by atoms with Crippen LogP contribution in [0.5, 0.6) is 0 Å². The Morgan fingerprint density at radius 3 is 2.14 bits per heavy atom. The van der Waals surface area contributed by atoms with Crippen molar-refractivity contribution in [2.75, 3.05) is 29.1 Å². The van der Waals surface area contributed by atoms with Gasteiger partial charge in [0.15, 0.2) is 9.84 Å². The number of benzene rings is 2. The highest BCUT2D eigenvalue weighted by molar-refractivity contribution is 7.90.